The molecule has 5 heteroatoms. The van der Waals surface area contributed by atoms with Crippen molar-refractivity contribution >= 4 is 23.3 Å². The molecule has 18 heavy (non-hydrogen) atoms. The zero-order chi connectivity index (χ0) is 13.4. The van der Waals surface area contributed by atoms with Crippen LogP contribution >= 0.6 is 0 Å². The van der Waals surface area contributed by atoms with Crippen LogP contribution in [0.4, 0.5) is 11.4 Å². The van der Waals surface area contributed by atoms with E-state index >= 15 is 0 Å². The molecule has 0 aliphatic carbocycles. The number of amides is 1. The molecule has 0 fully saturated rings. The van der Waals surface area contributed by atoms with Crippen molar-refractivity contribution in [3.63, 3.8) is 0 Å². The van der Waals surface area contributed by atoms with E-state index in [9.17, 15) is 9.59 Å². The van der Waals surface area contributed by atoms with Crippen molar-refractivity contribution < 1.29 is 14.3 Å². The fourth-order valence-corrected chi connectivity index (χ4v) is 1.44. The molecule has 0 saturated carbocycles. The van der Waals surface area contributed by atoms with E-state index in [0.29, 0.717) is 13.0 Å². The Bertz CT molecular complexity index is 401. The molecule has 0 atom stereocenters. The Morgan fingerprint density at radius 1 is 1.17 bits per heavy atom. The quantitative estimate of drug-likeness (QED) is 0.598. The lowest BCUT2D eigenvalue weighted by atomic mass is 10.2. The fourth-order valence-electron chi connectivity index (χ4n) is 1.44. The van der Waals surface area contributed by atoms with Gasteiger partial charge in [-0.1, -0.05) is 0 Å². The number of carbonyl (C=O) groups excluding carboxylic acids is 2. The summed E-state index contributed by atoms with van der Waals surface area (Å²) in [5.41, 5.74) is 1.72. The molecular formula is C13H18N2O3. The third-order valence-electron chi connectivity index (χ3n) is 2.32. The summed E-state index contributed by atoms with van der Waals surface area (Å²) in [7, 11) is 1.39. The molecule has 0 bridgehead atoms. The van der Waals surface area contributed by atoms with E-state index in [1.165, 1.54) is 14.0 Å². The highest BCUT2D eigenvalue weighted by Gasteiger charge is 1.99. The standard InChI is InChI=1S/C13H18N2O3/c1-10(16)15-12-7-5-11(6-8-12)14-9-3-4-13(17)18-2/h5-8,14H,3-4,9H2,1-2H3,(H,15,16). The molecule has 0 heterocycles. The van der Waals surface area contributed by atoms with Gasteiger partial charge in [-0.15, -0.1) is 0 Å². The molecule has 0 aromatic heterocycles. The molecule has 1 aromatic carbocycles. The van der Waals surface area contributed by atoms with Gasteiger partial charge in [-0.05, 0) is 30.7 Å². The molecule has 0 saturated heterocycles. The second kappa shape index (κ2) is 7.32. The van der Waals surface area contributed by atoms with E-state index in [4.69, 9.17) is 0 Å². The second-order valence-corrected chi connectivity index (χ2v) is 3.86. The predicted molar refractivity (Wildman–Crippen MR) is 70.5 cm³/mol. The average Bonchev–Trinajstić information content (AvgIpc) is 2.35. The van der Waals surface area contributed by atoms with Crippen LogP contribution in [0.3, 0.4) is 0 Å². The molecule has 0 aliphatic rings. The van der Waals surface area contributed by atoms with Crippen molar-refractivity contribution in [1.29, 1.82) is 0 Å². The Kier molecular flexibility index (Phi) is 5.70. The lowest BCUT2D eigenvalue weighted by molar-refractivity contribution is -0.140. The van der Waals surface area contributed by atoms with Crippen LogP contribution in [0, 0.1) is 0 Å². The third kappa shape index (κ3) is 5.34. The molecule has 0 radical (unpaired) electrons. The predicted octanol–water partition coefficient (Wildman–Crippen LogP) is 2.01. The first-order valence-corrected chi connectivity index (χ1v) is 5.80. The summed E-state index contributed by atoms with van der Waals surface area (Å²) in [6.45, 7) is 2.17. The summed E-state index contributed by atoms with van der Waals surface area (Å²) in [6, 6.07) is 7.40. The van der Waals surface area contributed by atoms with Gasteiger partial charge in [0.2, 0.25) is 5.91 Å². The van der Waals surface area contributed by atoms with E-state index in [0.717, 1.165) is 17.8 Å². The normalized spacial score (nSPS) is 9.67. The Labute approximate surface area is 107 Å². The van der Waals surface area contributed by atoms with Crippen LogP contribution in [0.2, 0.25) is 0 Å². The zero-order valence-corrected chi connectivity index (χ0v) is 10.7. The Hall–Kier alpha value is -2.04. The third-order valence-corrected chi connectivity index (χ3v) is 2.32. The van der Waals surface area contributed by atoms with Crippen LogP contribution in [0.25, 0.3) is 0 Å². The van der Waals surface area contributed by atoms with Gasteiger partial charge in [-0.25, -0.2) is 0 Å². The first kappa shape index (κ1) is 14.0. The van der Waals surface area contributed by atoms with Crippen LogP contribution in [-0.4, -0.2) is 25.5 Å². The van der Waals surface area contributed by atoms with Gasteiger partial charge in [0.25, 0.3) is 0 Å². The van der Waals surface area contributed by atoms with Gasteiger partial charge in [-0.3, -0.25) is 9.59 Å². The van der Waals surface area contributed by atoms with E-state index in [2.05, 4.69) is 15.4 Å². The molecule has 2 N–H and O–H groups in total. The minimum Gasteiger partial charge on any atom is -0.469 e. The lowest BCUT2D eigenvalue weighted by Gasteiger charge is -2.07. The highest BCUT2D eigenvalue weighted by molar-refractivity contribution is 5.88. The van der Waals surface area contributed by atoms with Gasteiger partial charge in [0.1, 0.15) is 0 Å². The maximum absolute atomic E-state index is 10.9. The Morgan fingerprint density at radius 2 is 1.78 bits per heavy atom. The number of benzene rings is 1. The molecule has 5 nitrogen and oxygen atoms in total. The minimum atomic E-state index is -0.196. The molecule has 1 aromatic rings. The summed E-state index contributed by atoms with van der Waals surface area (Å²) < 4.78 is 4.55. The Balaban J connectivity index is 2.31. The van der Waals surface area contributed by atoms with E-state index in [1.807, 2.05) is 24.3 Å². The van der Waals surface area contributed by atoms with Crippen molar-refractivity contribution in [3.05, 3.63) is 24.3 Å². The number of nitrogens with one attached hydrogen (secondary N) is 2. The van der Waals surface area contributed by atoms with Crippen LogP contribution in [0.1, 0.15) is 19.8 Å². The van der Waals surface area contributed by atoms with E-state index < -0.39 is 0 Å². The number of carbonyl (C=O) groups is 2. The maximum Gasteiger partial charge on any atom is 0.305 e. The van der Waals surface area contributed by atoms with Crippen molar-refractivity contribution in [1.82, 2.24) is 0 Å². The van der Waals surface area contributed by atoms with E-state index in [-0.39, 0.29) is 11.9 Å². The number of hydrogen-bond donors (Lipinski definition) is 2. The summed E-state index contributed by atoms with van der Waals surface area (Å²) in [4.78, 5) is 21.7. The smallest absolute Gasteiger partial charge is 0.305 e. The summed E-state index contributed by atoms with van der Waals surface area (Å²) in [5, 5.41) is 5.88. The highest BCUT2D eigenvalue weighted by atomic mass is 16.5. The molecule has 0 aliphatic heterocycles. The van der Waals surface area contributed by atoms with Crippen LogP contribution in [0.5, 0.6) is 0 Å². The maximum atomic E-state index is 10.9. The van der Waals surface area contributed by atoms with Crippen LogP contribution < -0.4 is 10.6 Å². The number of methoxy groups -OCH3 is 1. The van der Waals surface area contributed by atoms with E-state index in [1.54, 1.807) is 0 Å². The molecule has 0 unspecified atom stereocenters. The fraction of sp³-hybridized carbons (Fsp3) is 0.385. The number of rotatable bonds is 6. The summed E-state index contributed by atoms with van der Waals surface area (Å²) in [6.07, 6.45) is 1.13. The second-order valence-electron chi connectivity index (χ2n) is 3.86. The molecule has 0 spiro atoms. The number of hydrogen-bond acceptors (Lipinski definition) is 4. The largest absolute Gasteiger partial charge is 0.469 e. The van der Waals surface area contributed by atoms with Crippen molar-refractivity contribution in [2.45, 2.75) is 19.8 Å². The lowest BCUT2D eigenvalue weighted by Crippen LogP contribution is -2.07. The monoisotopic (exact) mass is 250 g/mol. The molecule has 1 amide bonds. The summed E-state index contributed by atoms with van der Waals surface area (Å²) in [5.74, 6) is -0.286. The Morgan fingerprint density at radius 3 is 2.33 bits per heavy atom. The summed E-state index contributed by atoms with van der Waals surface area (Å²) >= 11 is 0. The number of anilines is 2. The van der Waals surface area contributed by atoms with Crippen molar-refractivity contribution in [3.8, 4) is 0 Å². The van der Waals surface area contributed by atoms with Crippen molar-refractivity contribution in [2.75, 3.05) is 24.3 Å². The molecule has 98 valence electrons. The van der Waals surface area contributed by atoms with Crippen LogP contribution in [-0.2, 0) is 14.3 Å². The van der Waals surface area contributed by atoms with Gasteiger partial charge in [0.15, 0.2) is 0 Å². The van der Waals surface area contributed by atoms with Crippen molar-refractivity contribution in [2.24, 2.45) is 0 Å². The van der Waals surface area contributed by atoms with Crippen LogP contribution in [0.15, 0.2) is 24.3 Å². The topological polar surface area (TPSA) is 67.4 Å². The number of ether oxygens (including phenoxy) is 1. The molecular weight excluding hydrogens is 232 g/mol. The highest BCUT2D eigenvalue weighted by Crippen LogP contribution is 2.13. The minimum absolute atomic E-state index is 0.0891. The average molecular weight is 250 g/mol. The SMILES string of the molecule is COC(=O)CCCNc1ccc(NC(C)=O)cc1. The van der Waals surface area contributed by atoms with Gasteiger partial charge in [0, 0.05) is 31.3 Å². The van der Waals surface area contributed by atoms with Gasteiger partial charge in [-0.2, -0.15) is 0 Å². The first-order valence-electron chi connectivity index (χ1n) is 5.80. The van der Waals surface area contributed by atoms with Gasteiger partial charge < -0.3 is 15.4 Å². The van der Waals surface area contributed by atoms with Gasteiger partial charge in [0.05, 0.1) is 7.11 Å². The molecule has 1 rings (SSSR count). The zero-order valence-electron chi connectivity index (χ0n) is 10.7. The first-order chi connectivity index (χ1) is 8.61. The van der Waals surface area contributed by atoms with Gasteiger partial charge >= 0.3 is 5.97 Å². The number of esters is 1.